The molecule has 23 heavy (non-hydrogen) atoms. The van der Waals surface area contributed by atoms with Crippen LogP contribution in [0.2, 0.25) is 0 Å². The zero-order chi connectivity index (χ0) is 17.1. The van der Waals surface area contributed by atoms with Gasteiger partial charge in [-0.1, -0.05) is 0 Å². The summed E-state index contributed by atoms with van der Waals surface area (Å²) in [5, 5.41) is 13.7. The molecule has 2 N–H and O–H groups in total. The summed E-state index contributed by atoms with van der Waals surface area (Å²) in [6.07, 6.45) is 0. The first-order valence-electron chi connectivity index (χ1n) is 6.74. The molecular formula is C16H17NO5S. The maximum atomic E-state index is 12.4. The van der Waals surface area contributed by atoms with Gasteiger partial charge in [0.25, 0.3) is 5.91 Å². The minimum absolute atomic E-state index is 0.00355. The predicted octanol–water partition coefficient (Wildman–Crippen LogP) is 3.33. The van der Waals surface area contributed by atoms with Crippen molar-refractivity contribution in [1.29, 1.82) is 0 Å². The highest BCUT2D eigenvalue weighted by molar-refractivity contribution is 7.10. The van der Waals surface area contributed by atoms with E-state index in [1.165, 1.54) is 37.7 Å². The minimum Gasteiger partial charge on any atom is -0.493 e. The number of rotatable bonds is 5. The van der Waals surface area contributed by atoms with Gasteiger partial charge in [0.15, 0.2) is 11.5 Å². The largest absolute Gasteiger partial charge is 0.493 e. The average Bonchev–Trinajstić information content (AvgIpc) is 2.85. The van der Waals surface area contributed by atoms with Crippen LogP contribution in [-0.4, -0.2) is 31.2 Å². The summed E-state index contributed by atoms with van der Waals surface area (Å²) < 4.78 is 10.4. The van der Waals surface area contributed by atoms with E-state index in [4.69, 9.17) is 9.47 Å². The molecule has 0 radical (unpaired) electrons. The van der Waals surface area contributed by atoms with Crippen LogP contribution >= 0.6 is 11.3 Å². The normalized spacial score (nSPS) is 10.3. The highest BCUT2D eigenvalue weighted by atomic mass is 32.1. The Morgan fingerprint density at radius 3 is 2.35 bits per heavy atom. The van der Waals surface area contributed by atoms with Crippen molar-refractivity contribution in [3.05, 3.63) is 39.1 Å². The van der Waals surface area contributed by atoms with Crippen molar-refractivity contribution in [2.45, 2.75) is 13.8 Å². The van der Waals surface area contributed by atoms with Crippen LogP contribution in [0, 0.1) is 13.8 Å². The van der Waals surface area contributed by atoms with Gasteiger partial charge in [0.1, 0.15) is 0 Å². The van der Waals surface area contributed by atoms with Crippen LogP contribution in [0.3, 0.4) is 0 Å². The second-order valence-electron chi connectivity index (χ2n) is 4.85. The second kappa shape index (κ2) is 6.70. The lowest BCUT2D eigenvalue weighted by molar-refractivity contribution is 0.0696. The first kappa shape index (κ1) is 16.8. The number of amides is 1. The van der Waals surface area contributed by atoms with E-state index < -0.39 is 5.97 Å². The molecule has 2 rings (SSSR count). The number of thiophene rings is 1. The fourth-order valence-electron chi connectivity index (χ4n) is 2.11. The Bertz CT molecular complexity index is 766. The number of carboxylic acids is 1. The number of carbonyl (C=O) groups is 2. The number of benzene rings is 1. The van der Waals surface area contributed by atoms with Crippen molar-refractivity contribution < 1.29 is 24.2 Å². The third kappa shape index (κ3) is 3.29. The van der Waals surface area contributed by atoms with Crippen LogP contribution in [-0.2, 0) is 0 Å². The molecule has 0 aliphatic heterocycles. The fraction of sp³-hybridized carbons (Fsp3) is 0.250. The van der Waals surface area contributed by atoms with E-state index in [2.05, 4.69) is 5.32 Å². The predicted molar refractivity (Wildman–Crippen MR) is 88.3 cm³/mol. The van der Waals surface area contributed by atoms with E-state index in [1.807, 2.05) is 13.8 Å². The van der Waals surface area contributed by atoms with Gasteiger partial charge < -0.3 is 19.9 Å². The smallest absolute Gasteiger partial charge is 0.335 e. The van der Waals surface area contributed by atoms with Gasteiger partial charge in [0, 0.05) is 10.3 Å². The minimum atomic E-state index is -1.12. The molecule has 0 aliphatic rings. The van der Waals surface area contributed by atoms with Crippen LogP contribution in [0.25, 0.3) is 0 Å². The summed E-state index contributed by atoms with van der Waals surface area (Å²) in [6, 6.07) is 2.69. The Kier molecular flexibility index (Phi) is 4.90. The van der Waals surface area contributed by atoms with E-state index in [1.54, 1.807) is 5.38 Å². The van der Waals surface area contributed by atoms with E-state index in [0.717, 1.165) is 10.4 Å². The molecule has 1 aromatic heterocycles. The van der Waals surface area contributed by atoms with Crippen LogP contribution in [0.4, 0.5) is 5.69 Å². The Morgan fingerprint density at radius 1 is 1.17 bits per heavy atom. The van der Waals surface area contributed by atoms with Crippen LogP contribution < -0.4 is 14.8 Å². The lowest BCUT2D eigenvalue weighted by atomic mass is 10.1. The van der Waals surface area contributed by atoms with E-state index in [9.17, 15) is 14.7 Å². The van der Waals surface area contributed by atoms with E-state index in [0.29, 0.717) is 5.56 Å². The number of aryl methyl sites for hydroxylation is 1. The molecular weight excluding hydrogens is 318 g/mol. The van der Waals surface area contributed by atoms with Crippen LogP contribution in [0.15, 0.2) is 17.5 Å². The number of ether oxygens (including phenoxy) is 2. The quantitative estimate of drug-likeness (QED) is 0.875. The summed E-state index contributed by atoms with van der Waals surface area (Å²) in [4.78, 5) is 24.7. The van der Waals surface area contributed by atoms with Gasteiger partial charge in [-0.25, -0.2) is 4.79 Å². The first-order chi connectivity index (χ1) is 10.9. The standard InChI is InChI=1S/C16H17NO5S/c1-8-9(2)23-7-11(8)15(18)17-12-5-10(16(19)20)6-13(21-3)14(12)22-4/h5-7H,1-4H3,(H,17,18)(H,19,20). The first-order valence-corrected chi connectivity index (χ1v) is 7.62. The van der Waals surface area contributed by atoms with Gasteiger partial charge in [0.2, 0.25) is 0 Å². The maximum Gasteiger partial charge on any atom is 0.335 e. The SMILES string of the molecule is COc1cc(C(=O)O)cc(NC(=O)c2csc(C)c2C)c1OC. The fourth-order valence-corrected chi connectivity index (χ4v) is 2.97. The third-order valence-corrected chi connectivity index (χ3v) is 4.52. The number of hydrogen-bond acceptors (Lipinski definition) is 5. The van der Waals surface area contributed by atoms with Crippen molar-refractivity contribution in [3.8, 4) is 11.5 Å². The zero-order valence-electron chi connectivity index (χ0n) is 13.2. The van der Waals surface area contributed by atoms with Crippen molar-refractivity contribution in [3.63, 3.8) is 0 Å². The Morgan fingerprint density at radius 2 is 1.87 bits per heavy atom. The molecule has 0 fully saturated rings. The van der Waals surface area contributed by atoms with Crippen molar-refractivity contribution >= 4 is 28.9 Å². The molecule has 1 amide bonds. The molecule has 122 valence electrons. The molecule has 0 saturated carbocycles. The average molecular weight is 335 g/mol. The Balaban J connectivity index is 2.45. The molecule has 6 nitrogen and oxygen atoms in total. The van der Waals surface area contributed by atoms with Gasteiger partial charge in [0.05, 0.1) is 31.0 Å². The molecule has 0 unspecified atom stereocenters. The summed E-state index contributed by atoms with van der Waals surface area (Å²) in [5.74, 6) is -0.935. The van der Waals surface area contributed by atoms with Crippen LogP contribution in [0.5, 0.6) is 11.5 Å². The van der Waals surface area contributed by atoms with Gasteiger partial charge >= 0.3 is 5.97 Å². The van der Waals surface area contributed by atoms with Crippen molar-refractivity contribution in [1.82, 2.24) is 0 Å². The molecule has 2 aromatic rings. The zero-order valence-corrected chi connectivity index (χ0v) is 14.0. The van der Waals surface area contributed by atoms with Crippen molar-refractivity contribution in [2.24, 2.45) is 0 Å². The van der Waals surface area contributed by atoms with E-state index >= 15 is 0 Å². The Labute approximate surface area is 137 Å². The number of aromatic carboxylic acids is 1. The number of carbonyl (C=O) groups excluding carboxylic acids is 1. The molecule has 1 heterocycles. The van der Waals surface area contributed by atoms with E-state index in [-0.39, 0.29) is 28.7 Å². The molecule has 0 atom stereocenters. The summed E-state index contributed by atoms with van der Waals surface area (Å²) in [7, 11) is 2.83. The van der Waals surface area contributed by atoms with Gasteiger partial charge in [-0.15, -0.1) is 11.3 Å². The van der Waals surface area contributed by atoms with Crippen molar-refractivity contribution in [2.75, 3.05) is 19.5 Å². The Hall–Kier alpha value is -2.54. The van der Waals surface area contributed by atoms with Gasteiger partial charge in [-0.3, -0.25) is 4.79 Å². The second-order valence-corrected chi connectivity index (χ2v) is 5.93. The summed E-state index contributed by atoms with van der Waals surface area (Å²) >= 11 is 1.48. The van der Waals surface area contributed by atoms with Gasteiger partial charge in [-0.2, -0.15) is 0 Å². The number of methoxy groups -OCH3 is 2. The summed E-state index contributed by atoms with van der Waals surface area (Å²) in [5.41, 5.74) is 1.69. The molecule has 1 aromatic carbocycles. The third-order valence-electron chi connectivity index (χ3n) is 3.50. The monoisotopic (exact) mass is 335 g/mol. The molecule has 0 aliphatic carbocycles. The van der Waals surface area contributed by atoms with Crippen LogP contribution in [0.1, 0.15) is 31.2 Å². The number of nitrogens with one attached hydrogen (secondary N) is 1. The molecule has 0 saturated heterocycles. The lowest BCUT2D eigenvalue weighted by Gasteiger charge is -2.14. The number of carboxylic acid groups (broad SMARTS) is 1. The topological polar surface area (TPSA) is 84.9 Å². The highest BCUT2D eigenvalue weighted by Crippen LogP contribution is 2.37. The molecule has 0 spiro atoms. The van der Waals surface area contributed by atoms with Gasteiger partial charge in [-0.05, 0) is 31.5 Å². The number of anilines is 1. The highest BCUT2D eigenvalue weighted by Gasteiger charge is 2.19. The molecule has 7 heteroatoms. The lowest BCUT2D eigenvalue weighted by Crippen LogP contribution is -2.14. The maximum absolute atomic E-state index is 12.4. The summed E-state index contributed by atoms with van der Waals surface area (Å²) in [6.45, 7) is 3.80. The number of hydrogen-bond donors (Lipinski definition) is 2. The molecule has 0 bridgehead atoms.